The van der Waals surface area contributed by atoms with E-state index >= 15 is 4.39 Å². The Hall–Kier alpha value is -2.95. The van der Waals surface area contributed by atoms with Crippen molar-refractivity contribution in [1.82, 2.24) is 9.88 Å². The second kappa shape index (κ2) is 11.2. The van der Waals surface area contributed by atoms with Gasteiger partial charge in [0.05, 0.1) is 30.5 Å². The van der Waals surface area contributed by atoms with Gasteiger partial charge in [-0.15, -0.1) is 11.3 Å². The van der Waals surface area contributed by atoms with Crippen molar-refractivity contribution >= 4 is 28.2 Å². The lowest BCUT2D eigenvalue weighted by molar-refractivity contribution is -0.141. The number of hydrogen-bond donors (Lipinski definition) is 1. The number of thiophene rings is 1. The average Bonchev–Trinajstić information content (AvgIpc) is 3.36. The van der Waals surface area contributed by atoms with Gasteiger partial charge in [-0.25, -0.2) is 4.39 Å². The lowest BCUT2D eigenvalue weighted by atomic mass is 9.71. The molecule has 0 radical (unpaired) electrons. The fraction of sp³-hybridized carbons (Fsp3) is 0.429. The average molecular weight is 495 g/mol. The Morgan fingerprint density at radius 2 is 2.14 bits per heavy atom. The summed E-state index contributed by atoms with van der Waals surface area (Å²) >= 11 is 1.62. The minimum atomic E-state index is -1.20. The number of pyridine rings is 1. The van der Waals surface area contributed by atoms with Crippen LogP contribution in [0, 0.1) is 24.2 Å². The molecule has 4 rings (SSSR count). The van der Waals surface area contributed by atoms with Crippen molar-refractivity contribution in [2.24, 2.45) is 5.41 Å². The van der Waals surface area contributed by atoms with Gasteiger partial charge in [0, 0.05) is 11.6 Å². The lowest BCUT2D eigenvalue weighted by Gasteiger charge is -2.41. The van der Waals surface area contributed by atoms with Crippen molar-refractivity contribution in [2.45, 2.75) is 45.2 Å². The van der Waals surface area contributed by atoms with Gasteiger partial charge in [0.2, 0.25) is 0 Å². The Labute approximate surface area is 209 Å². The third-order valence-electron chi connectivity index (χ3n) is 7.04. The molecule has 1 aliphatic rings. The van der Waals surface area contributed by atoms with E-state index in [-0.39, 0.29) is 12.8 Å². The van der Waals surface area contributed by atoms with Gasteiger partial charge in [0.15, 0.2) is 0 Å². The van der Waals surface area contributed by atoms with E-state index < -0.39 is 17.6 Å². The quantitative estimate of drug-likeness (QED) is 0.389. The number of ether oxygens (including phenoxy) is 1. The van der Waals surface area contributed by atoms with E-state index in [1.54, 1.807) is 24.6 Å². The number of methoxy groups -OCH3 is 1. The van der Waals surface area contributed by atoms with Crippen molar-refractivity contribution < 1.29 is 19.0 Å². The van der Waals surface area contributed by atoms with Gasteiger partial charge in [0.1, 0.15) is 11.9 Å². The maximum absolute atomic E-state index is 15.8. The normalized spacial score (nSPS) is 16.4. The molecule has 2 aromatic heterocycles. The summed E-state index contributed by atoms with van der Waals surface area (Å²) in [5.74, 6) is 6.25. The van der Waals surface area contributed by atoms with E-state index in [4.69, 9.17) is 4.74 Å². The fourth-order valence-corrected chi connectivity index (χ4v) is 5.61. The molecule has 1 saturated heterocycles. The van der Waals surface area contributed by atoms with Gasteiger partial charge >= 0.3 is 5.97 Å². The molecule has 184 valence electrons. The predicted molar refractivity (Wildman–Crippen MR) is 138 cm³/mol. The maximum Gasteiger partial charge on any atom is 0.303 e. The lowest BCUT2D eigenvalue weighted by Crippen LogP contribution is -2.41. The number of likely N-dealkylation sites (tertiary alicyclic amines) is 1. The highest BCUT2D eigenvalue weighted by atomic mass is 32.1. The number of aliphatic carboxylic acids is 1. The van der Waals surface area contributed by atoms with Crippen LogP contribution in [-0.2, 0) is 4.79 Å². The SMILES string of the molecule is COc1ccc2ncc(C)c([C@@H](F)CCC3(CC(=O)O)CCN(CC#Cc4cccs4)CC3)c2c1. The fourth-order valence-electron chi connectivity index (χ4n) is 5.02. The van der Waals surface area contributed by atoms with Crippen LogP contribution in [0.3, 0.4) is 0 Å². The molecular formula is C28H31FN2O3S. The van der Waals surface area contributed by atoms with Crippen LogP contribution in [0.2, 0.25) is 0 Å². The van der Waals surface area contributed by atoms with Crippen LogP contribution in [0.5, 0.6) is 5.75 Å². The molecule has 0 spiro atoms. The molecule has 0 amide bonds. The first-order valence-electron chi connectivity index (χ1n) is 11.9. The molecule has 1 N–H and O–H groups in total. The second-order valence-electron chi connectivity index (χ2n) is 9.37. The summed E-state index contributed by atoms with van der Waals surface area (Å²) in [7, 11) is 1.59. The highest BCUT2D eigenvalue weighted by Crippen LogP contribution is 2.43. The van der Waals surface area contributed by atoms with Crippen LogP contribution in [-0.4, -0.2) is 47.7 Å². The van der Waals surface area contributed by atoms with Crippen LogP contribution < -0.4 is 4.74 Å². The number of rotatable bonds is 8. The number of nitrogens with zero attached hydrogens (tertiary/aromatic N) is 2. The molecule has 1 fully saturated rings. The summed E-state index contributed by atoms with van der Waals surface area (Å²) in [6.45, 7) is 4.09. The third kappa shape index (κ3) is 6.19. The van der Waals surface area contributed by atoms with Crippen molar-refractivity contribution in [3.63, 3.8) is 0 Å². The number of carbonyl (C=O) groups is 1. The van der Waals surface area contributed by atoms with E-state index in [2.05, 4.69) is 21.7 Å². The van der Waals surface area contributed by atoms with Crippen LogP contribution >= 0.6 is 11.3 Å². The molecular weight excluding hydrogens is 463 g/mol. The molecule has 3 aromatic rings. The topological polar surface area (TPSA) is 62.7 Å². The van der Waals surface area contributed by atoms with E-state index in [0.29, 0.717) is 24.3 Å². The summed E-state index contributed by atoms with van der Waals surface area (Å²) in [6, 6.07) is 9.48. The van der Waals surface area contributed by atoms with Gasteiger partial charge in [-0.1, -0.05) is 17.9 Å². The Kier molecular flexibility index (Phi) is 8.04. The Bertz CT molecular complexity index is 1220. The van der Waals surface area contributed by atoms with Gasteiger partial charge in [0.25, 0.3) is 0 Å². The number of piperidine rings is 1. The summed E-state index contributed by atoms with van der Waals surface area (Å²) in [6.07, 6.45) is 2.85. The van der Waals surface area contributed by atoms with Gasteiger partial charge in [-0.2, -0.15) is 0 Å². The Morgan fingerprint density at radius 1 is 1.34 bits per heavy atom. The summed E-state index contributed by atoms with van der Waals surface area (Å²) < 4.78 is 21.1. The largest absolute Gasteiger partial charge is 0.497 e. The van der Waals surface area contributed by atoms with Crippen molar-refractivity contribution in [3.8, 4) is 17.6 Å². The number of halogens is 1. The molecule has 1 aliphatic heterocycles. The zero-order valence-electron chi connectivity index (χ0n) is 20.2. The molecule has 0 aliphatic carbocycles. The molecule has 35 heavy (non-hydrogen) atoms. The van der Waals surface area contributed by atoms with Crippen LogP contribution in [0.25, 0.3) is 10.9 Å². The molecule has 0 saturated carbocycles. The van der Waals surface area contributed by atoms with E-state index in [0.717, 1.165) is 47.3 Å². The predicted octanol–water partition coefficient (Wildman–Crippen LogP) is 6.01. The summed E-state index contributed by atoms with van der Waals surface area (Å²) in [5, 5.41) is 12.4. The van der Waals surface area contributed by atoms with E-state index in [1.807, 2.05) is 42.6 Å². The number of alkyl halides is 1. The van der Waals surface area contributed by atoms with Crippen LogP contribution in [0.1, 0.15) is 54.3 Å². The van der Waals surface area contributed by atoms with Gasteiger partial charge < -0.3 is 9.84 Å². The Balaban J connectivity index is 1.44. The van der Waals surface area contributed by atoms with Crippen molar-refractivity contribution in [1.29, 1.82) is 0 Å². The van der Waals surface area contributed by atoms with Crippen LogP contribution in [0.15, 0.2) is 41.9 Å². The second-order valence-corrected chi connectivity index (χ2v) is 10.3. The first-order chi connectivity index (χ1) is 16.9. The van der Waals surface area contributed by atoms with E-state index in [9.17, 15) is 9.90 Å². The Morgan fingerprint density at radius 3 is 2.83 bits per heavy atom. The molecule has 1 aromatic carbocycles. The molecule has 7 heteroatoms. The minimum Gasteiger partial charge on any atom is -0.497 e. The van der Waals surface area contributed by atoms with Gasteiger partial charge in [-0.05, 0) is 91.9 Å². The summed E-state index contributed by atoms with van der Waals surface area (Å²) in [5.41, 5.74) is 1.75. The minimum absolute atomic E-state index is 0.0678. The van der Waals surface area contributed by atoms with Crippen molar-refractivity contribution in [3.05, 3.63) is 57.9 Å². The zero-order valence-corrected chi connectivity index (χ0v) is 21.0. The first-order valence-corrected chi connectivity index (χ1v) is 12.8. The number of carboxylic acids is 1. The molecule has 0 bridgehead atoms. The maximum atomic E-state index is 15.8. The number of hydrogen-bond acceptors (Lipinski definition) is 5. The number of fused-ring (bicyclic) bond motifs is 1. The highest BCUT2D eigenvalue weighted by Gasteiger charge is 2.37. The third-order valence-corrected chi connectivity index (χ3v) is 7.82. The highest BCUT2D eigenvalue weighted by molar-refractivity contribution is 7.10. The molecule has 1 atom stereocenters. The number of aryl methyl sites for hydroxylation is 1. The van der Waals surface area contributed by atoms with E-state index in [1.165, 1.54) is 0 Å². The summed E-state index contributed by atoms with van der Waals surface area (Å²) in [4.78, 5) is 19.5. The molecule has 5 nitrogen and oxygen atoms in total. The molecule has 0 unspecified atom stereocenters. The van der Waals surface area contributed by atoms with Crippen molar-refractivity contribution in [2.75, 3.05) is 26.7 Å². The molecule has 3 heterocycles. The smallest absolute Gasteiger partial charge is 0.303 e. The number of carboxylic acid groups (broad SMARTS) is 1. The van der Waals surface area contributed by atoms with Gasteiger partial charge in [-0.3, -0.25) is 14.7 Å². The standard InChI is InChI=1S/C28H31FN2O3S/c1-20-19-30-25-8-7-21(34-2)17-23(25)27(20)24(29)9-10-28(18-26(32)33)11-14-31(15-12-28)13-3-5-22-6-4-16-35-22/h4,6-8,16-17,19,24H,9-15,18H2,1-2H3,(H,32,33)/t24-/m0/s1. The number of benzene rings is 1. The monoisotopic (exact) mass is 494 g/mol. The first kappa shape index (κ1) is 25.2. The van der Waals surface area contributed by atoms with Crippen LogP contribution in [0.4, 0.5) is 4.39 Å². The zero-order chi connectivity index (χ0) is 24.8. The number of aromatic nitrogens is 1.